The van der Waals surface area contributed by atoms with E-state index in [0.29, 0.717) is 0 Å². The molecule has 30 atom stereocenters. The summed E-state index contributed by atoms with van der Waals surface area (Å²) in [6.07, 6.45) is -51.9. The fourth-order valence-corrected chi connectivity index (χ4v) is 9.26. The number of amides is 2. The first-order valence-corrected chi connectivity index (χ1v) is 23.0. The van der Waals surface area contributed by atoms with Crippen LogP contribution in [0, 0.1) is 0 Å². The topological polar surface area (TPSA) is 504 Å². The van der Waals surface area contributed by atoms with Crippen LogP contribution >= 0.6 is 0 Å². The van der Waals surface area contributed by atoms with Gasteiger partial charge in [0.2, 0.25) is 11.8 Å². The van der Waals surface area contributed by atoms with Crippen LogP contribution in [0.3, 0.4) is 0 Å². The molecule has 6 heterocycles. The van der Waals surface area contributed by atoms with E-state index in [4.69, 9.17) is 52.1 Å². The van der Waals surface area contributed by atoms with E-state index in [-0.39, 0.29) is 0 Å². The normalized spacial score (nSPS) is 50.3. The van der Waals surface area contributed by atoms with Gasteiger partial charge in [0.1, 0.15) is 140 Å². The molecule has 6 aliphatic heterocycles. The Kier molecular flexibility index (Phi) is 20.8. The molecule has 72 heavy (non-hydrogen) atoms. The van der Waals surface area contributed by atoms with Gasteiger partial charge in [0, 0.05) is 13.8 Å². The average Bonchev–Trinajstić information content (AvgIpc) is 3.34. The van der Waals surface area contributed by atoms with Crippen LogP contribution in [0.5, 0.6) is 0 Å². The zero-order valence-electron chi connectivity index (χ0n) is 38.8. The summed E-state index contributed by atoms with van der Waals surface area (Å²) < 4.78 is 63.0. The van der Waals surface area contributed by atoms with Gasteiger partial charge in [-0.3, -0.25) is 9.59 Å². The van der Waals surface area contributed by atoms with Crippen LogP contribution in [0.2, 0.25) is 0 Å². The monoisotopic (exact) mass is 1060 g/mol. The molecule has 6 aliphatic rings. The maximum Gasteiger partial charge on any atom is 0.217 e. The number of rotatable bonds is 17. The molecule has 0 aromatic heterocycles. The third kappa shape index (κ3) is 12.5. The van der Waals surface area contributed by atoms with Crippen molar-refractivity contribution in [1.82, 2.24) is 10.6 Å². The first kappa shape index (κ1) is 59.1. The first-order valence-electron chi connectivity index (χ1n) is 23.0. The fourth-order valence-electron chi connectivity index (χ4n) is 9.26. The Morgan fingerprint density at radius 3 is 1.15 bits per heavy atom. The van der Waals surface area contributed by atoms with Crippen molar-refractivity contribution in [1.29, 1.82) is 0 Å². The summed E-state index contributed by atoms with van der Waals surface area (Å²) in [6.45, 7) is -1.51. The van der Waals surface area contributed by atoms with E-state index in [2.05, 4.69) is 10.6 Å². The lowest BCUT2D eigenvalue weighted by atomic mass is 9.93. The first-order chi connectivity index (χ1) is 34.0. The number of hydrogen-bond donors (Lipinski definition) is 19. The minimum Gasteiger partial charge on any atom is -0.394 e. The van der Waals surface area contributed by atoms with E-state index < -0.39 is 229 Å². The van der Waals surface area contributed by atoms with Crippen LogP contribution in [-0.4, -0.2) is 316 Å². The molecule has 6 saturated heterocycles. The number of aliphatic hydroxyl groups is 17. The summed E-state index contributed by atoms with van der Waals surface area (Å²) in [4.78, 5) is 25.3. The van der Waals surface area contributed by atoms with Gasteiger partial charge in [-0.25, -0.2) is 0 Å². The Bertz CT molecular complexity index is 1730. The summed E-state index contributed by atoms with van der Waals surface area (Å²) >= 11 is 0. The fraction of sp³-hybridized carbons (Fsp3) is 0.950. The van der Waals surface area contributed by atoms with E-state index >= 15 is 0 Å². The molecule has 0 aliphatic carbocycles. The van der Waals surface area contributed by atoms with Crippen LogP contribution < -0.4 is 10.6 Å². The smallest absolute Gasteiger partial charge is 0.217 e. The van der Waals surface area contributed by atoms with Crippen molar-refractivity contribution in [2.75, 3.05) is 33.0 Å². The predicted octanol–water partition coefficient (Wildman–Crippen LogP) is -12.8. The Balaban J connectivity index is 1.25. The van der Waals surface area contributed by atoms with E-state index in [0.717, 1.165) is 13.8 Å². The largest absolute Gasteiger partial charge is 0.394 e. The summed E-state index contributed by atoms with van der Waals surface area (Å²) in [5.74, 6) is -1.66. The Morgan fingerprint density at radius 2 is 0.694 bits per heavy atom. The number of hydrogen-bond acceptors (Lipinski definition) is 30. The number of carbonyl (C=O) groups is 2. The highest BCUT2D eigenvalue weighted by molar-refractivity contribution is 5.73. The van der Waals surface area contributed by atoms with Gasteiger partial charge in [0.05, 0.1) is 39.1 Å². The summed E-state index contributed by atoms with van der Waals surface area (Å²) in [5.41, 5.74) is 0. The highest BCUT2D eigenvalue weighted by Crippen LogP contribution is 2.37. The zero-order chi connectivity index (χ0) is 53.2. The van der Waals surface area contributed by atoms with Crippen molar-refractivity contribution in [3.63, 3.8) is 0 Å². The zero-order valence-corrected chi connectivity index (χ0v) is 38.8. The molecule has 0 aromatic carbocycles. The lowest BCUT2D eigenvalue weighted by Crippen LogP contribution is -2.71. The van der Waals surface area contributed by atoms with Crippen molar-refractivity contribution in [3.05, 3.63) is 0 Å². The van der Waals surface area contributed by atoms with Gasteiger partial charge in [0.25, 0.3) is 0 Å². The lowest BCUT2D eigenvalue weighted by Gasteiger charge is -2.51. The maximum atomic E-state index is 12.7. The molecule has 0 saturated carbocycles. The third-order valence-electron chi connectivity index (χ3n) is 13.2. The molecule has 0 bridgehead atoms. The van der Waals surface area contributed by atoms with E-state index in [1.807, 2.05) is 0 Å². The summed E-state index contributed by atoms with van der Waals surface area (Å²) in [7, 11) is 0. The van der Waals surface area contributed by atoms with Crippen LogP contribution in [0.1, 0.15) is 20.8 Å². The summed E-state index contributed by atoms with van der Waals surface area (Å²) in [5, 5.41) is 186. The van der Waals surface area contributed by atoms with Crippen LogP contribution in [0.15, 0.2) is 0 Å². The molecular weight excluding hydrogens is 988 g/mol. The standard InChI is InChI=1S/C40H68N2O30/c1-9-19(50)23(54)27(58)38(62-9)70-32-18(42-11(3)49)37(65-13(5-44)20(32)51)72-34-22(53)14(6-45)66-40(29(34)60)71-33-17(41-10(2)48)36(64-12(4-43)21(33)52)68-31-16(8-47)67-39(28(59)25(31)56)69-30-15(7-46)63-35(61)26(57)24(30)55/h9,12-40,43-47,50-61H,4-8H2,1-3H3,(H,41,48)(H,42,49)/t9-,12+,13+,14+,15+,16+,17+,18+,19+,20+,21-,22-,23+,24+,25+,26+,27-,28+,29+,30+,31-,32+,33+,34-,35+,36-,37-,38-,39-,40-/m0/s1. The van der Waals surface area contributed by atoms with Crippen molar-refractivity contribution in [3.8, 4) is 0 Å². The maximum absolute atomic E-state index is 12.7. The molecule has 0 aromatic rings. The van der Waals surface area contributed by atoms with E-state index in [1.165, 1.54) is 6.92 Å². The highest BCUT2D eigenvalue weighted by Gasteiger charge is 2.58. The van der Waals surface area contributed by atoms with Gasteiger partial charge in [-0.15, -0.1) is 0 Å². The van der Waals surface area contributed by atoms with Gasteiger partial charge in [-0.2, -0.15) is 0 Å². The van der Waals surface area contributed by atoms with Gasteiger partial charge in [0.15, 0.2) is 37.7 Å². The number of aliphatic hydroxyl groups excluding tert-OH is 17. The SMILES string of the molecule is CC(=O)N[C@H]1[C@H](O[C@@H]2[C@H](O)[C@@H](O)[C@H](O[C@H]3[C@H](O)[C@@H](O)[C@H](O)O[C@@H]3CO)O[C@@H]2CO)O[C@H](CO)[C@H](O)[C@@H]1O[C@@H]1O[C@H](CO)[C@H](O)[C@H](O[C@@H]2O[C@H](CO)[C@@H](O)[C@H](O[C@@H]3O[C@@H](C)[C@@H](O)[C@@H](O)[C@@H]3O)[C@H]2NC(C)=O)[C@H]1O. The Hall–Kier alpha value is -2.18. The molecule has 0 unspecified atom stereocenters. The molecule has 32 heteroatoms. The van der Waals surface area contributed by atoms with Crippen molar-refractivity contribution < 1.29 is 149 Å². The van der Waals surface area contributed by atoms with E-state index in [9.17, 15) is 96.4 Å². The number of ether oxygens (including phenoxy) is 11. The van der Waals surface area contributed by atoms with Crippen LogP contribution in [-0.2, 0) is 61.7 Å². The minimum atomic E-state index is -2.23. The second kappa shape index (κ2) is 25.3. The molecule has 0 spiro atoms. The number of nitrogens with one attached hydrogen (secondary N) is 2. The van der Waals surface area contributed by atoms with Crippen molar-refractivity contribution >= 4 is 11.8 Å². The van der Waals surface area contributed by atoms with Crippen LogP contribution in [0.25, 0.3) is 0 Å². The molecular formula is C40H68N2O30. The molecule has 6 fully saturated rings. The molecule has 32 nitrogen and oxygen atoms in total. The van der Waals surface area contributed by atoms with Gasteiger partial charge in [-0.1, -0.05) is 0 Å². The third-order valence-corrected chi connectivity index (χ3v) is 13.2. The number of carbonyl (C=O) groups excluding carboxylic acids is 2. The van der Waals surface area contributed by atoms with Crippen molar-refractivity contribution in [2.24, 2.45) is 0 Å². The average molecular weight is 1060 g/mol. The van der Waals surface area contributed by atoms with Gasteiger partial charge in [-0.05, 0) is 6.92 Å². The molecule has 19 N–H and O–H groups in total. The lowest BCUT2D eigenvalue weighted by molar-refractivity contribution is -0.384. The Labute approximate surface area is 408 Å². The second-order valence-electron chi connectivity index (χ2n) is 18.2. The van der Waals surface area contributed by atoms with E-state index in [1.54, 1.807) is 0 Å². The molecule has 418 valence electrons. The van der Waals surface area contributed by atoms with Crippen molar-refractivity contribution in [2.45, 2.75) is 205 Å². The highest BCUT2D eigenvalue weighted by atomic mass is 16.8. The molecule has 2 amide bonds. The van der Waals surface area contributed by atoms with Gasteiger partial charge < -0.3 is 150 Å². The molecule has 0 radical (unpaired) electrons. The second-order valence-corrected chi connectivity index (χ2v) is 18.2. The predicted molar refractivity (Wildman–Crippen MR) is 221 cm³/mol. The van der Waals surface area contributed by atoms with Gasteiger partial charge >= 0.3 is 0 Å². The van der Waals surface area contributed by atoms with Crippen LogP contribution in [0.4, 0.5) is 0 Å². The Morgan fingerprint density at radius 1 is 0.361 bits per heavy atom. The minimum absolute atomic E-state index is 0.808. The molecule has 6 rings (SSSR count). The quantitative estimate of drug-likeness (QED) is 0.0643. The summed E-state index contributed by atoms with van der Waals surface area (Å²) in [6, 6.07) is -3.45.